The molecule has 0 unspecified atom stereocenters. The van der Waals surface area contributed by atoms with E-state index in [1.165, 1.54) is 0 Å². The van der Waals surface area contributed by atoms with E-state index in [-0.39, 0.29) is 24.3 Å². The lowest BCUT2D eigenvalue weighted by Gasteiger charge is -2.15. The molecule has 6 heteroatoms. The molecule has 18 heavy (non-hydrogen) atoms. The number of thioether (sulfide) groups is 1. The third-order valence-electron chi connectivity index (χ3n) is 2.54. The van der Waals surface area contributed by atoms with Crippen LogP contribution in [-0.2, 0) is 9.59 Å². The number of nitrogens with one attached hydrogen (secondary N) is 2. The zero-order valence-electron chi connectivity index (χ0n) is 11.5. The first-order valence-electron chi connectivity index (χ1n) is 6.28. The van der Waals surface area contributed by atoms with E-state index in [2.05, 4.69) is 16.9 Å². The Labute approximate surface area is 114 Å². The summed E-state index contributed by atoms with van der Waals surface area (Å²) < 4.78 is 0. The fourth-order valence-corrected chi connectivity index (χ4v) is 1.74. The normalized spacial score (nSPS) is 12.3. The zero-order valence-corrected chi connectivity index (χ0v) is 12.3. The van der Waals surface area contributed by atoms with E-state index in [1.54, 1.807) is 11.8 Å². The molecule has 106 valence electrons. The maximum absolute atomic E-state index is 11.5. The van der Waals surface area contributed by atoms with E-state index in [0.717, 1.165) is 18.6 Å². The molecule has 2 amide bonds. The van der Waals surface area contributed by atoms with Crippen molar-refractivity contribution >= 4 is 23.6 Å². The van der Waals surface area contributed by atoms with Crippen molar-refractivity contribution in [2.45, 2.75) is 32.7 Å². The molecule has 0 aromatic carbocycles. The standard InChI is InChI=1S/C12H25N3O2S/c1-9(2)11(13)12(17)15-8-10(16)14-6-4-5-7-18-3/h9,11H,4-8,13H2,1-3H3,(H,14,16)(H,15,17)/t11-/m0/s1. The lowest BCUT2D eigenvalue weighted by Crippen LogP contribution is -2.47. The molecule has 0 fully saturated rings. The molecule has 0 heterocycles. The van der Waals surface area contributed by atoms with Crippen molar-refractivity contribution in [3.63, 3.8) is 0 Å². The van der Waals surface area contributed by atoms with Crippen molar-refractivity contribution in [2.75, 3.05) is 25.1 Å². The second-order valence-corrected chi connectivity index (χ2v) is 5.52. The molecule has 0 aromatic heterocycles. The van der Waals surface area contributed by atoms with Crippen molar-refractivity contribution < 1.29 is 9.59 Å². The molecule has 1 atom stereocenters. The van der Waals surface area contributed by atoms with Gasteiger partial charge in [-0.15, -0.1) is 0 Å². The maximum Gasteiger partial charge on any atom is 0.239 e. The van der Waals surface area contributed by atoms with Crippen LogP contribution in [0.15, 0.2) is 0 Å². The van der Waals surface area contributed by atoms with Crippen LogP contribution in [0.25, 0.3) is 0 Å². The highest BCUT2D eigenvalue weighted by atomic mass is 32.2. The Morgan fingerprint density at radius 3 is 2.44 bits per heavy atom. The predicted molar refractivity (Wildman–Crippen MR) is 76.4 cm³/mol. The van der Waals surface area contributed by atoms with Crippen LogP contribution < -0.4 is 16.4 Å². The van der Waals surface area contributed by atoms with E-state index < -0.39 is 6.04 Å². The molecule has 0 saturated heterocycles. The molecular weight excluding hydrogens is 250 g/mol. The summed E-state index contributed by atoms with van der Waals surface area (Å²) in [7, 11) is 0. The third-order valence-corrected chi connectivity index (χ3v) is 3.24. The van der Waals surface area contributed by atoms with Crippen LogP contribution in [0.5, 0.6) is 0 Å². The smallest absolute Gasteiger partial charge is 0.239 e. The van der Waals surface area contributed by atoms with Gasteiger partial charge in [-0.3, -0.25) is 9.59 Å². The van der Waals surface area contributed by atoms with Gasteiger partial charge >= 0.3 is 0 Å². The van der Waals surface area contributed by atoms with Crippen LogP contribution >= 0.6 is 11.8 Å². The van der Waals surface area contributed by atoms with Crippen molar-refractivity contribution in [3.8, 4) is 0 Å². The topological polar surface area (TPSA) is 84.2 Å². The number of nitrogens with two attached hydrogens (primary N) is 1. The molecular formula is C12H25N3O2S. The summed E-state index contributed by atoms with van der Waals surface area (Å²) in [6.07, 6.45) is 4.12. The van der Waals surface area contributed by atoms with Gasteiger partial charge in [-0.2, -0.15) is 11.8 Å². The average molecular weight is 275 g/mol. The number of amides is 2. The first-order valence-corrected chi connectivity index (χ1v) is 7.67. The Hall–Kier alpha value is -0.750. The van der Waals surface area contributed by atoms with Gasteiger partial charge in [-0.1, -0.05) is 13.8 Å². The Balaban J connectivity index is 3.61. The number of carbonyl (C=O) groups excluding carboxylic acids is 2. The van der Waals surface area contributed by atoms with Crippen LogP contribution in [0.1, 0.15) is 26.7 Å². The highest BCUT2D eigenvalue weighted by Crippen LogP contribution is 1.98. The van der Waals surface area contributed by atoms with Gasteiger partial charge in [-0.25, -0.2) is 0 Å². The largest absolute Gasteiger partial charge is 0.355 e. The highest BCUT2D eigenvalue weighted by Gasteiger charge is 2.17. The summed E-state index contributed by atoms with van der Waals surface area (Å²) in [5.74, 6) is 0.737. The third kappa shape index (κ3) is 8.36. The van der Waals surface area contributed by atoms with Gasteiger partial charge in [0.2, 0.25) is 11.8 Å². The SMILES string of the molecule is CSCCCCNC(=O)CNC(=O)[C@@H](N)C(C)C. The number of hydrogen-bond acceptors (Lipinski definition) is 4. The van der Waals surface area contributed by atoms with Gasteiger partial charge in [0, 0.05) is 6.54 Å². The minimum Gasteiger partial charge on any atom is -0.355 e. The minimum atomic E-state index is -0.556. The Morgan fingerprint density at radius 2 is 1.89 bits per heavy atom. The first kappa shape index (κ1) is 17.2. The maximum atomic E-state index is 11.5. The monoisotopic (exact) mass is 275 g/mol. The van der Waals surface area contributed by atoms with Gasteiger partial charge in [0.25, 0.3) is 0 Å². The fourth-order valence-electron chi connectivity index (χ4n) is 1.25. The number of carbonyl (C=O) groups is 2. The van der Waals surface area contributed by atoms with Gasteiger partial charge in [-0.05, 0) is 30.8 Å². The first-order chi connectivity index (χ1) is 8.49. The van der Waals surface area contributed by atoms with Crippen LogP contribution in [-0.4, -0.2) is 43.0 Å². The molecule has 0 bridgehead atoms. The van der Waals surface area contributed by atoms with Crippen LogP contribution in [0, 0.1) is 5.92 Å². The molecule has 0 saturated carbocycles. The molecule has 0 aromatic rings. The molecule has 0 aliphatic rings. The van der Waals surface area contributed by atoms with Crippen molar-refractivity contribution in [1.29, 1.82) is 0 Å². The number of rotatable bonds is 9. The Morgan fingerprint density at radius 1 is 1.22 bits per heavy atom. The van der Waals surface area contributed by atoms with Crippen molar-refractivity contribution in [3.05, 3.63) is 0 Å². The summed E-state index contributed by atoms with van der Waals surface area (Å²) >= 11 is 1.80. The zero-order chi connectivity index (χ0) is 14.0. The lowest BCUT2D eigenvalue weighted by atomic mass is 10.1. The van der Waals surface area contributed by atoms with Crippen LogP contribution in [0.2, 0.25) is 0 Å². The van der Waals surface area contributed by atoms with E-state index in [9.17, 15) is 9.59 Å². The van der Waals surface area contributed by atoms with Crippen LogP contribution in [0.4, 0.5) is 0 Å². The van der Waals surface area contributed by atoms with E-state index in [1.807, 2.05) is 13.8 Å². The second kappa shape index (κ2) is 10.2. The van der Waals surface area contributed by atoms with Crippen molar-refractivity contribution in [1.82, 2.24) is 10.6 Å². The van der Waals surface area contributed by atoms with Gasteiger partial charge < -0.3 is 16.4 Å². The van der Waals surface area contributed by atoms with Crippen LogP contribution in [0.3, 0.4) is 0 Å². The molecule has 0 aliphatic heterocycles. The quantitative estimate of drug-likeness (QED) is 0.530. The average Bonchev–Trinajstić information content (AvgIpc) is 2.34. The Bertz CT molecular complexity index is 260. The van der Waals surface area contributed by atoms with Gasteiger partial charge in [0.05, 0.1) is 12.6 Å². The van der Waals surface area contributed by atoms with E-state index in [0.29, 0.717) is 6.54 Å². The predicted octanol–water partition coefficient (Wildman–Crippen LogP) is 0.345. The van der Waals surface area contributed by atoms with Crippen molar-refractivity contribution in [2.24, 2.45) is 11.7 Å². The summed E-state index contributed by atoms with van der Waals surface area (Å²) in [5, 5.41) is 5.30. The lowest BCUT2D eigenvalue weighted by molar-refractivity contribution is -0.127. The van der Waals surface area contributed by atoms with Gasteiger partial charge in [0.15, 0.2) is 0 Å². The summed E-state index contributed by atoms with van der Waals surface area (Å²) in [4.78, 5) is 22.9. The van der Waals surface area contributed by atoms with E-state index >= 15 is 0 Å². The summed E-state index contributed by atoms with van der Waals surface area (Å²) in [5.41, 5.74) is 5.66. The highest BCUT2D eigenvalue weighted by molar-refractivity contribution is 7.98. The molecule has 0 rings (SSSR count). The molecule has 0 aliphatic carbocycles. The molecule has 0 radical (unpaired) electrons. The molecule has 4 N–H and O–H groups in total. The minimum absolute atomic E-state index is 0.00177. The molecule has 0 spiro atoms. The fraction of sp³-hybridized carbons (Fsp3) is 0.833. The Kier molecular flexibility index (Phi) is 9.77. The summed E-state index contributed by atoms with van der Waals surface area (Å²) in [6.45, 7) is 4.40. The number of hydrogen-bond donors (Lipinski definition) is 3. The molecule has 5 nitrogen and oxygen atoms in total. The summed E-state index contributed by atoms with van der Waals surface area (Å²) in [6, 6.07) is -0.556. The van der Waals surface area contributed by atoms with E-state index in [4.69, 9.17) is 5.73 Å². The number of unbranched alkanes of at least 4 members (excludes halogenated alkanes) is 1. The second-order valence-electron chi connectivity index (χ2n) is 4.54. The van der Waals surface area contributed by atoms with Gasteiger partial charge in [0.1, 0.15) is 0 Å².